The molecule has 0 saturated carbocycles. The third kappa shape index (κ3) is 3.20. The molecule has 1 aliphatic heterocycles. The van der Waals surface area contributed by atoms with E-state index in [1.807, 2.05) is 12.3 Å². The number of aromatic amines is 1. The highest BCUT2D eigenvalue weighted by atomic mass is 31.2. The van der Waals surface area contributed by atoms with E-state index in [0.717, 1.165) is 36.0 Å². The van der Waals surface area contributed by atoms with Crippen molar-refractivity contribution in [2.45, 2.75) is 32.2 Å². The summed E-state index contributed by atoms with van der Waals surface area (Å²) < 4.78 is 16.0. The first kappa shape index (κ1) is 15.6. The second-order valence-electron chi connectivity index (χ2n) is 5.71. The van der Waals surface area contributed by atoms with E-state index in [2.05, 4.69) is 16.8 Å². The average Bonchev–Trinajstić information content (AvgIpc) is 2.81. The first-order valence-electron chi connectivity index (χ1n) is 7.56. The molecule has 1 saturated heterocycles. The fraction of sp³-hybridized carbons (Fsp3) is 0.467. The van der Waals surface area contributed by atoms with E-state index in [-0.39, 0.29) is 5.75 Å². The number of nitrogens with zero attached hydrogens (tertiary/aromatic N) is 1. The van der Waals surface area contributed by atoms with Gasteiger partial charge in [0.1, 0.15) is 5.75 Å². The summed E-state index contributed by atoms with van der Waals surface area (Å²) in [4.78, 5) is 23.7. The van der Waals surface area contributed by atoms with E-state index in [1.165, 1.54) is 12.8 Å². The molecule has 120 valence electrons. The number of nitrogens with one attached hydrogen (secondary N) is 1. The smallest absolute Gasteiger partial charge is 0.404 e. The molecule has 1 fully saturated rings. The highest BCUT2D eigenvalue weighted by Gasteiger charge is 2.26. The third-order valence-electron chi connectivity index (χ3n) is 4.37. The number of fused-ring (bicyclic) bond motifs is 1. The molecule has 22 heavy (non-hydrogen) atoms. The zero-order valence-electron chi connectivity index (χ0n) is 12.5. The predicted octanol–water partition coefficient (Wildman–Crippen LogP) is 2.67. The molecule has 1 aliphatic rings. The molecule has 0 spiro atoms. The number of phosphoric acid groups is 1. The van der Waals surface area contributed by atoms with Crippen LogP contribution in [0.25, 0.3) is 10.9 Å². The van der Waals surface area contributed by atoms with Gasteiger partial charge in [0.2, 0.25) is 0 Å². The van der Waals surface area contributed by atoms with Gasteiger partial charge in [-0.3, -0.25) is 14.7 Å². The van der Waals surface area contributed by atoms with Crippen molar-refractivity contribution in [1.82, 2.24) is 9.88 Å². The molecule has 1 aromatic heterocycles. The Hall–Kier alpha value is -1.33. The second-order valence-corrected chi connectivity index (χ2v) is 6.87. The van der Waals surface area contributed by atoms with Crippen LogP contribution in [0.1, 0.15) is 25.3 Å². The van der Waals surface area contributed by atoms with Crippen LogP contribution in [0.15, 0.2) is 24.4 Å². The van der Waals surface area contributed by atoms with Crippen LogP contribution in [0.2, 0.25) is 0 Å². The van der Waals surface area contributed by atoms with E-state index in [9.17, 15) is 4.57 Å². The number of phosphoric ester groups is 1. The monoisotopic (exact) mass is 324 g/mol. The second kappa shape index (κ2) is 6.05. The number of benzene rings is 1. The summed E-state index contributed by atoms with van der Waals surface area (Å²) >= 11 is 0. The molecule has 0 bridgehead atoms. The Balaban J connectivity index is 1.82. The number of rotatable bonds is 6. The Kier molecular flexibility index (Phi) is 4.28. The Bertz CT molecular complexity index is 707. The summed E-state index contributed by atoms with van der Waals surface area (Å²) in [5.41, 5.74) is 1.86. The molecule has 1 atom stereocenters. The summed E-state index contributed by atoms with van der Waals surface area (Å²) in [5.74, 6) is 0.234. The maximum absolute atomic E-state index is 11.1. The van der Waals surface area contributed by atoms with Gasteiger partial charge in [-0.05, 0) is 43.5 Å². The summed E-state index contributed by atoms with van der Waals surface area (Å²) in [6.07, 6.45) is 5.16. The van der Waals surface area contributed by atoms with Crippen LogP contribution in [0.3, 0.4) is 0 Å². The van der Waals surface area contributed by atoms with Crippen molar-refractivity contribution in [1.29, 1.82) is 0 Å². The van der Waals surface area contributed by atoms with Gasteiger partial charge in [-0.2, -0.15) is 0 Å². The van der Waals surface area contributed by atoms with Gasteiger partial charge in [0.15, 0.2) is 0 Å². The van der Waals surface area contributed by atoms with E-state index in [0.29, 0.717) is 6.04 Å². The minimum Gasteiger partial charge on any atom is -0.404 e. The van der Waals surface area contributed by atoms with Crippen molar-refractivity contribution in [3.05, 3.63) is 30.0 Å². The average molecular weight is 324 g/mol. The van der Waals surface area contributed by atoms with E-state index in [1.54, 1.807) is 12.1 Å². The van der Waals surface area contributed by atoms with Crippen LogP contribution >= 0.6 is 7.82 Å². The molecule has 1 aromatic carbocycles. The van der Waals surface area contributed by atoms with Gasteiger partial charge in [-0.15, -0.1) is 0 Å². The van der Waals surface area contributed by atoms with Gasteiger partial charge in [0.05, 0.1) is 0 Å². The summed E-state index contributed by atoms with van der Waals surface area (Å²) in [7, 11) is -4.56. The molecule has 7 heteroatoms. The number of likely N-dealkylation sites (tertiary alicyclic amines) is 1. The van der Waals surface area contributed by atoms with E-state index < -0.39 is 7.82 Å². The van der Waals surface area contributed by atoms with Crippen molar-refractivity contribution in [3.8, 4) is 5.75 Å². The van der Waals surface area contributed by atoms with Crippen molar-refractivity contribution in [2.75, 3.05) is 13.1 Å². The summed E-state index contributed by atoms with van der Waals surface area (Å²) in [6, 6.07) is 5.87. The van der Waals surface area contributed by atoms with Crippen LogP contribution in [0.5, 0.6) is 5.75 Å². The molecule has 6 nitrogen and oxygen atoms in total. The van der Waals surface area contributed by atoms with Gasteiger partial charge in [0.25, 0.3) is 0 Å². The highest BCUT2D eigenvalue weighted by molar-refractivity contribution is 7.46. The van der Waals surface area contributed by atoms with Crippen molar-refractivity contribution in [2.24, 2.45) is 0 Å². The zero-order chi connectivity index (χ0) is 15.7. The van der Waals surface area contributed by atoms with Gasteiger partial charge in [0, 0.05) is 29.7 Å². The molecule has 0 radical (unpaired) electrons. The van der Waals surface area contributed by atoms with Gasteiger partial charge in [-0.25, -0.2) is 4.57 Å². The maximum Gasteiger partial charge on any atom is 0.524 e. The lowest BCUT2D eigenvalue weighted by atomic mass is 9.99. The number of H-pyrrole nitrogens is 1. The zero-order valence-corrected chi connectivity index (χ0v) is 13.4. The van der Waals surface area contributed by atoms with Crippen molar-refractivity contribution in [3.63, 3.8) is 0 Å². The Morgan fingerprint density at radius 3 is 2.91 bits per heavy atom. The first-order valence-corrected chi connectivity index (χ1v) is 9.09. The van der Waals surface area contributed by atoms with Crippen LogP contribution in [-0.4, -0.2) is 38.8 Å². The fourth-order valence-electron chi connectivity index (χ4n) is 3.14. The van der Waals surface area contributed by atoms with Crippen LogP contribution in [-0.2, 0) is 11.0 Å². The van der Waals surface area contributed by atoms with E-state index >= 15 is 0 Å². The molecular weight excluding hydrogens is 303 g/mol. The highest BCUT2D eigenvalue weighted by Crippen LogP contribution is 2.41. The lowest BCUT2D eigenvalue weighted by Gasteiger charge is -2.40. The largest absolute Gasteiger partial charge is 0.524 e. The van der Waals surface area contributed by atoms with Crippen LogP contribution < -0.4 is 4.52 Å². The third-order valence-corrected chi connectivity index (χ3v) is 4.81. The van der Waals surface area contributed by atoms with Gasteiger partial charge < -0.3 is 9.51 Å². The normalized spacial score (nSPS) is 19.3. The molecule has 2 heterocycles. The maximum atomic E-state index is 11.1. The summed E-state index contributed by atoms with van der Waals surface area (Å²) in [6.45, 7) is 4.29. The van der Waals surface area contributed by atoms with Crippen LogP contribution in [0, 0.1) is 0 Å². The van der Waals surface area contributed by atoms with Crippen molar-refractivity contribution >= 4 is 18.7 Å². The number of hydrogen-bond donors (Lipinski definition) is 3. The SMILES string of the molecule is CCC1CCN1CCc1c[nH]c2cccc(OP(=O)(O)O)c12. The van der Waals surface area contributed by atoms with Gasteiger partial charge in [-0.1, -0.05) is 13.0 Å². The number of aromatic nitrogens is 1. The lowest BCUT2D eigenvalue weighted by molar-refractivity contribution is 0.0894. The summed E-state index contributed by atoms with van der Waals surface area (Å²) in [5, 5.41) is 0.763. The number of hydrogen-bond acceptors (Lipinski definition) is 3. The molecule has 1 unspecified atom stereocenters. The molecule has 2 aromatic rings. The van der Waals surface area contributed by atoms with Gasteiger partial charge >= 0.3 is 7.82 Å². The first-order chi connectivity index (χ1) is 10.5. The molecule has 3 rings (SSSR count). The topological polar surface area (TPSA) is 85.8 Å². The molecular formula is C15H21N2O4P. The van der Waals surface area contributed by atoms with Crippen molar-refractivity contribution < 1.29 is 18.9 Å². The predicted molar refractivity (Wildman–Crippen MR) is 84.9 cm³/mol. The molecule has 3 N–H and O–H groups in total. The Morgan fingerprint density at radius 2 is 2.27 bits per heavy atom. The minimum absolute atomic E-state index is 0.234. The minimum atomic E-state index is -4.56. The molecule has 0 amide bonds. The lowest BCUT2D eigenvalue weighted by Crippen LogP contribution is -2.47. The Morgan fingerprint density at radius 1 is 1.45 bits per heavy atom. The fourth-order valence-corrected chi connectivity index (χ4v) is 3.54. The van der Waals surface area contributed by atoms with Crippen LogP contribution in [0.4, 0.5) is 0 Å². The standard InChI is InChI=1S/C15H21N2O4P/c1-2-12-7-9-17(12)8-6-11-10-16-13-4-3-5-14(15(11)13)21-22(18,19)20/h3-5,10,12,16H,2,6-9H2,1H3,(H2,18,19,20). The Labute approximate surface area is 129 Å². The quantitative estimate of drug-likeness (QED) is 0.711. The molecule has 0 aliphatic carbocycles. The van der Waals surface area contributed by atoms with E-state index in [4.69, 9.17) is 14.3 Å².